The average Bonchev–Trinajstić information content (AvgIpc) is 2.67. The first-order valence-corrected chi connectivity index (χ1v) is 10.4. The van der Waals surface area contributed by atoms with Crippen LogP contribution in [0.25, 0.3) is 0 Å². The number of ether oxygens (including phenoxy) is 1. The summed E-state index contributed by atoms with van der Waals surface area (Å²) in [7, 11) is -3.83. The Morgan fingerprint density at radius 3 is 2.63 bits per heavy atom. The zero-order valence-electron chi connectivity index (χ0n) is 15.7. The van der Waals surface area contributed by atoms with Crippen LogP contribution in [0, 0.1) is 13.8 Å². The molecule has 0 saturated heterocycles. The molecule has 0 spiro atoms. The molecule has 3 rings (SSSR count). The fourth-order valence-electron chi connectivity index (χ4n) is 2.93. The van der Waals surface area contributed by atoms with Crippen molar-refractivity contribution in [1.82, 2.24) is 5.32 Å². The molecule has 0 saturated carbocycles. The van der Waals surface area contributed by atoms with Crippen molar-refractivity contribution < 1.29 is 17.9 Å². The minimum atomic E-state index is -3.83. The van der Waals surface area contributed by atoms with Crippen LogP contribution in [-0.4, -0.2) is 33.5 Å². The van der Waals surface area contributed by atoms with E-state index in [1.807, 2.05) is 20.8 Å². The number of anilines is 1. The lowest BCUT2D eigenvalue weighted by atomic mass is 10.1. The maximum absolute atomic E-state index is 13.3. The predicted molar refractivity (Wildman–Crippen MR) is 105 cm³/mol. The van der Waals surface area contributed by atoms with Crippen LogP contribution in [-0.2, 0) is 14.8 Å². The fraction of sp³-hybridized carbons (Fsp3) is 0.350. The lowest BCUT2D eigenvalue weighted by Gasteiger charge is -2.34. The van der Waals surface area contributed by atoms with Gasteiger partial charge in [-0.2, -0.15) is 0 Å². The molecule has 0 aromatic heterocycles. The largest absolute Gasteiger partial charge is 0.476 e. The van der Waals surface area contributed by atoms with Crippen molar-refractivity contribution in [2.75, 3.05) is 17.4 Å². The van der Waals surface area contributed by atoms with Crippen molar-refractivity contribution in [3.63, 3.8) is 0 Å². The number of rotatable bonds is 5. The van der Waals surface area contributed by atoms with Gasteiger partial charge in [0.15, 0.2) is 6.10 Å². The second-order valence-corrected chi connectivity index (χ2v) is 8.51. The first kappa shape index (κ1) is 19.2. The SMILES string of the molecule is CCCNC(=O)[C@H]1CN(S(=O)(=O)c2ccc(C)c(C)c2)c2ccccc2O1. The van der Waals surface area contributed by atoms with Crippen LogP contribution < -0.4 is 14.4 Å². The molecule has 0 unspecified atom stereocenters. The molecule has 0 radical (unpaired) electrons. The Balaban J connectivity index is 2.01. The van der Waals surface area contributed by atoms with Crippen molar-refractivity contribution >= 4 is 21.6 Å². The molecule has 1 N–H and O–H groups in total. The van der Waals surface area contributed by atoms with Gasteiger partial charge in [0.25, 0.3) is 15.9 Å². The van der Waals surface area contributed by atoms with Crippen LogP contribution in [0.3, 0.4) is 0 Å². The molecule has 0 aliphatic carbocycles. The van der Waals surface area contributed by atoms with Crippen molar-refractivity contribution in [3.05, 3.63) is 53.6 Å². The van der Waals surface area contributed by atoms with E-state index in [9.17, 15) is 13.2 Å². The third-order valence-corrected chi connectivity index (χ3v) is 6.42. The Hall–Kier alpha value is -2.54. The quantitative estimate of drug-likeness (QED) is 0.855. The number of aryl methyl sites for hydroxylation is 2. The number of amides is 1. The Kier molecular flexibility index (Phi) is 5.41. The second-order valence-electron chi connectivity index (χ2n) is 6.65. The van der Waals surface area contributed by atoms with E-state index in [0.717, 1.165) is 17.5 Å². The summed E-state index contributed by atoms with van der Waals surface area (Å²) in [6.07, 6.45) is -0.104. The van der Waals surface area contributed by atoms with E-state index in [-0.39, 0.29) is 17.3 Å². The molecule has 1 atom stereocenters. The molecule has 1 aliphatic heterocycles. The highest BCUT2D eigenvalue weighted by atomic mass is 32.2. The molecule has 1 amide bonds. The molecule has 0 fully saturated rings. The number of sulfonamides is 1. The van der Waals surface area contributed by atoms with E-state index in [1.54, 1.807) is 42.5 Å². The lowest BCUT2D eigenvalue weighted by molar-refractivity contribution is -0.127. The Morgan fingerprint density at radius 2 is 1.93 bits per heavy atom. The minimum Gasteiger partial charge on any atom is -0.476 e. The van der Waals surface area contributed by atoms with Gasteiger partial charge in [0.2, 0.25) is 0 Å². The van der Waals surface area contributed by atoms with Crippen LogP contribution in [0.15, 0.2) is 47.4 Å². The van der Waals surface area contributed by atoms with Gasteiger partial charge in [0.05, 0.1) is 17.1 Å². The molecule has 27 heavy (non-hydrogen) atoms. The van der Waals surface area contributed by atoms with Crippen LogP contribution >= 0.6 is 0 Å². The van der Waals surface area contributed by atoms with Crippen LogP contribution in [0.5, 0.6) is 5.75 Å². The topological polar surface area (TPSA) is 75.7 Å². The third-order valence-electron chi connectivity index (χ3n) is 4.64. The van der Waals surface area contributed by atoms with E-state index in [4.69, 9.17) is 4.74 Å². The van der Waals surface area contributed by atoms with Crippen molar-refractivity contribution in [2.24, 2.45) is 0 Å². The van der Waals surface area contributed by atoms with Gasteiger partial charge in [-0.15, -0.1) is 0 Å². The zero-order valence-corrected chi connectivity index (χ0v) is 16.5. The summed E-state index contributed by atoms with van der Waals surface area (Å²) in [5.41, 5.74) is 2.36. The number of carbonyl (C=O) groups is 1. The summed E-state index contributed by atoms with van der Waals surface area (Å²) in [4.78, 5) is 12.6. The molecular formula is C20H24N2O4S. The van der Waals surface area contributed by atoms with Gasteiger partial charge in [-0.05, 0) is 55.7 Å². The number of fused-ring (bicyclic) bond motifs is 1. The van der Waals surface area contributed by atoms with E-state index >= 15 is 0 Å². The first-order valence-electron chi connectivity index (χ1n) is 8.98. The summed E-state index contributed by atoms with van der Waals surface area (Å²) in [5, 5.41) is 2.78. The Bertz CT molecular complexity index is 956. The van der Waals surface area contributed by atoms with Crippen molar-refractivity contribution in [3.8, 4) is 5.75 Å². The van der Waals surface area contributed by atoms with Gasteiger partial charge in [0, 0.05) is 6.54 Å². The highest BCUT2D eigenvalue weighted by Crippen LogP contribution is 2.37. The molecule has 2 aromatic rings. The third kappa shape index (κ3) is 3.78. The van der Waals surface area contributed by atoms with Gasteiger partial charge >= 0.3 is 0 Å². The van der Waals surface area contributed by atoms with Crippen LogP contribution in [0.2, 0.25) is 0 Å². The number of para-hydroxylation sites is 2. The number of hydrogen-bond donors (Lipinski definition) is 1. The average molecular weight is 388 g/mol. The van der Waals surface area contributed by atoms with E-state index in [1.165, 1.54) is 4.31 Å². The van der Waals surface area contributed by atoms with Gasteiger partial charge in [-0.3, -0.25) is 9.10 Å². The molecule has 1 aliphatic rings. The number of carbonyl (C=O) groups excluding carboxylic acids is 1. The molecule has 6 nitrogen and oxygen atoms in total. The summed E-state index contributed by atoms with van der Waals surface area (Å²) >= 11 is 0. The fourth-order valence-corrected chi connectivity index (χ4v) is 4.49. The van der Waals surface area contributed by atoms with Crippen LogP contribution in [0.1, 0.15) is 24.5 Å². The maximum atomic E-state index is 13.3. The standard InChI is InChI=1S/C20H24N2O4S/c1-4-11-21-20(23)19-13-22(17-7-5-6-8-18(17)26-19)27(24,25)16-10-9-14(2)15(3)12-16/h5-10,12,19H,4,11,13H2,1-3H3,(H,21,23)/t19-/m1/s1. The van der Waals surface area contributed by atoms with E-state index in [2.05, 4.69) is 5.32 Å². The van der Waals surface area contributed by atoms with Gasteiger partial charge < -0.3 is 10.1 Å². The number of benzene rings is 2. The number of hydrogen-bond acceptors (Lipinski definition) is 4. The summed E-state index contributed by atoms with van der Waals surface area (Å²) in [5.74, 6) is 0.0689. The van der Waals surface area contributed by atoms with Gasteiger partial charge in [0.1, 0.15) is 5.75 Å². The molecule has 0 bridgehead atoms. The normalized spacial score (nSPS) is 16.4. The maximum Gasteiger partial charge on any atom is 0.264 e. The van der Waals surface area contributed by atoms with Crippen LogP contribution in [0.4, 0.5) is 5.69 Å². The molecule has 144 valence electrons. The summed E-state index contributed by atoms with van der Waals surface area (Å²) < 4.78 is 33.7. The monoisotopic (exact) mass is 388 g/mol. The molecular weight excluding hydrogens is 364 g/mol. The van der Waals surface area contributed by atoms with Gasteiger partial charge in [-0.25, -0.2) is 8.42 Å². The van der Waals surface area contributed by atoms with E-state index in [0.29, 0.717) is 18.0 Å². The van der Waals surface area contributed by atoms with Crippen molar-refractivity contribution in [1.29, 1.82) is 0 Å². The summed E-state index contributed by atoms with van der Waals surface area (Å²) in [6.45, 7) is 6.21. The second kappa shape index (κ2) is 7.60. The molecule has 1 heterocycles. The number of nitrogens with one attached hydrogen (secondary N) is 1. The van der Waals surface area contributed by atoms with E-state index < -0.39 is 16.1 Å². The first-order chi connectivity index (χ1) is 12.8. The van der Waals surface area contributed by atoms with Crippen molar-refractivity contribution in [2.45, 2.75) is 38.2 Å². The zero-order chi connectivity index (χ0) is 19.6. The predicted octanol–water partition coefficient (Wildman–Crippen LogP) is 2.79. The highest BCUT2D eigenvalue weighted by molar-refractivity contribution is 7.92. The summed E-state index contributed by atoms with van der Waals surface area (Å²) in [6, 6.07) is 11.9. The highest BCUT2D eigenvalue weighted by Gasteiger charge is 2.37. The smallest absolute Gasteiger partial charge is 0.264 e. The Labute approximate surface area is 160 Å². The molecule has 7 heteroatoms. The Morgan fingerprint density at radius 1 is 1.19 bits per heavy atom. The molecule has 2 aromatic carbocycles. The number of nitrogens with zero attached hydrogens (tertiary/aromatic N) is 1. The minimum absolute atomic E-state index is 0.0676. The van der Waals surface area contributed by atoms with Gasteiger partial charge in [-0.1, -0.05) is 25.1 Å². The lowest BCUT2D eigenvalue weighted by Crippen LogP contribution is -2.50.